The number of phenols is 2. The lowest BCUT2D eigenvalue weighted by Gasteiger charge is -2.07. The van der Waals surface area contributed by atoms with Gasteiger partial charge in [0.2, 0.25) is 5.91 Å². The van der Waals surface area contributed by atoms with Gasteiger partial charge in [0.15, 0.2) is 0 Å². The van der Waals surface area contributed by atoms with Gasteiger partial charge >= 0.3 is 0 Å². The van der Waals surface area contributed by atoms with Crippen LogP contribution in [0.1, 0.15) is 18.9 Å². The Labute approximate surface area is 100 Å². The van der Waals surface area contributed by atoms with Crippen LogP contribution in [-0.4, -0.2) is 29.2 Å². The Kier molecular flexibility index (Phi) is 5.29. The van der Waals surface area contributed by atoms with Crippen LogP contribution in [0.25, 0.3) is 0 Å². The Morgan fingerprint density at radius 3 is 2.76 bits per heavy atom. The lowest BCUT2D eigenvalue weighted by Crippen LogP contribution is -2.27. The van der Waals surface area contributed by atoms with Crippen molar-refractivity contribution < 1.29 is 15.0 Å². The summed E-state index contributed by atoms with van der Waals surface area (Å²) in [4.78, 5) is 11.1. The smallest absolute Gasteiger partial charge is 0.221 e. The molecule has 0 aliphatic heterocycles. The van der Waals surface area contributed by atoms with E-state index in [1.54, 1.807) is 6.07 Å². The number of carbonyl (C=O) groups excluding carboxylic acids is 1. The number of aromatic hydroxyl groups is 2. The van der Waals surface area contributed by atoms with E-state index in [0.717, 1.165) is 0 Å². The van der Waals surface area contributed by atoms with E-state index in [9.17, 15) is 9.90 Å². The van der Waals surface area contributed by atoms with Crippen molar-refractivity contribution in [2.45, 2.75) is 19.9 Å². The molecule has 1 aromatic carbocycles. The van der Waals surface area contributed by atoms with Crippen LogP contribution in [0.2, 0.25) is 0 Å². The molecule has 0 spiro atoms. The zero-order valence-corrected chi connectivity index (χ0v) is 9.86. The number of amides is 1. The molecule has 1 aromatic rings. The van der Waals surface area contributed by atoms with E-state index in [2.05, 4.69) is 10.6 Å². The highest BCUT2D eigenvalue weighted by atomic mass is 16.3. The van der Waals surface area contributed by atoms with Gasteiger partial charge in [-0.2, -0.15) is 0 Å². The lowest BCUT2D eigenvalue weighted by atomic mass is 10.2. The van der Waals surface area contributed by atoms with Crippen LogP contribution in [0, 0.1) is 0 Å². The van der Waals surface area contributed by atoms with E-state index in [1.165, 1.54) is 12.1 Å². The van der Waals surface area contributed by atoms with Gasteiger partial charge in [-0.25, -0.2) is 0 Å². The normalized spacial score (nSPS) is 10.2. The molecule has 94 valence electrons. The first-order valence-corrected chi connectivity index (χ1v) is 5.61. The summed E-state index contributed by atoms with van der Waals surface area (Å²) < 4.78 is 0. The van der Waals surface area contributed by atoms with Gasteiger partial charge in [-0.3, -0.25) is 4.79 Å². The van der Waals surface area contributed by atoms with Crippen molar-refractivity contribution in [3.05, 3.63) is 23.8 Å². The Morgan fingerprint density at radius 2 is 2.12 bits per heavy atom. The van der Waals surface area contributed by atoms with Crippen molar-refractivity contribution in [1.82, 2.24) is 10.6 Å². The predicted molar refractivity (Wildman–Crippen MR) is 64.8 cm³/mol. The lowest BCUT2D eigenvalue weighted by molar-refractivity contribution is -0.120. The standard InChI is InChI=1S/C12H18N2O3/c1-2-14-12(17)5-6-13-8-9-3-4-10(15)7-11(9)16/h3-4,7,13,15-16H,2,5-6,8H2,1H3,(H,14,17). The molecular formula is C12H18N2O3. The molecule has 4 N–H and O–H groups in total. The van der Waals surface area contributed by atoms with E-state index >= 15 is 0 Å². The molecule has 0 aliphatic rings. The molecule has 0 atom stereocenters. The zero-order chi connectivity index (χ0) is 12.7. The SMILES string of the molecule is CCNC(=O)CCNCc1ccc(O)cc1O. The van der Waals surface area contributed by atoms with Gasteiger partial charge in [0.25, 0.3) is 0 Å². The number of hydrogen-bond acceptors (Lipinski definition) is 4. The summed E-state index contributed by atoms with van der Waals surface area (Å²) in [7, 11) is 0. The molecule has 0 heterocycles. The highest BCUT2D eigenvalue weighted by Gasteiger charge is 2.02. The third kappa shape index (κ3) is 4.74. The molecule has 0 bridgehead atoms. The summed E-state index contributed by atoms with van der Waals surface area (Å²) in [6.07, 6.45) is 0.409. The Bertz CT molecular complexity index is 380. The molecule has 0 unspecified atom stereocenters. The molecule has 5 heteroatoms. The molecule has 0 saturated carbocycles. The fourth-order valence-corrected chi connectivity index (χ4v) is 1.41. The van der Waals surface area contributed by atoms with E-state index in [1.807, 2.05) is 6.92 Å². The first kappa shape index (κ1) is 13.3. The molecule has 0 aromatic heterocycles. The van der Waals surface area contributed by atoms with Crippen molar-refractivity contribution >= 4 is 5.91 Å². The molecule has 0 fully saturated rings. The number of benzene rings is 1. The van der Waals surface area contributed by atoms with Crippen LogP contribution < -0.4 is 10.6 Å². The number of phenolic OH excluding ortho intramolecular Hbond substituents is 2. The Balaban J connectivity index is 2.29. The van der Waals surface area contributed by atoms with E-state index in [0.29, 0.717) is 31.6 Å². The third-order valence-electron chi connectivity index (χ3n) is 2.29. The van der Waals surface area contributed by atoms with Crippen molar-refractivity contribution in [3.8, 4) is 11.5 Å². The van der Waals surface area contributed by atoms with Gasteiger partial charge < -0.3 is 20.8 Å². The van der Waals surface area contributed by atoms with E-state index in [-0.39, 0.29) is 17.4 Å². The molecular weight excluding hydrogens is 220 g/mol. The van der Waals surface area contributed by atoms with Gasteiger partial charge in [-0.15, -0.1) is 0 Å². The maximum atomic E-state index is 11.1. The van der Waals surface area contributed by atoms with E-state index < -0.39 is 0 Å². The first-order valence-electron chi connectivity index (χ1n) is 5.61. The van der Waals surface area contributed by atoms with Crippen LogP contribution in [-0.2, 0) is 11.3 Å². The third-order valence-corrected chi connectivity index (χ3v) is 2.29. The summed E-state index contributed by atoms with van der Waals surface area (Å²) in [5, 5.41) is 24.4. The number of hydrogen-bond donors (Lipinski definition) is 4. The monoisotopic (exact) mass is 238 g/mol. The van der Waals surface area contributed by atoms with Gasteiger partial charge in [0.1, 0.15) is 11.5 Å². The second-order valence-corrected chi connectivity index (χ2v) is 3.69. The highest BCUT2D eigenvalue weighted by Crippen LogP contribution is 2.21. The summed E-state index contributed by atoms with van der Waals surface area (Å²) in [6.45, 7) is 3.52. The average Bonchev–Trinajstić information content (AvgIpc) is 2.27. The van der Waals surface area contributed by atoms with Crippen LogP contribution in [0.5, 0.6) is 11.5 Å². The molecule has 0 saturated heterocycles. The van der Waals surface area contributed by atoms with Crippen molar-refractivity contribution in [2.24, 2.45) is 0 Å². The van der Waals surface area contributed by atoms with Crippen LogP contribution in [0.15, 0.2) is 18.2 Å². The fourth-order valence-electron chi connectivity index (χ4n) is 1.41. The minimum absolute atomic E-state index is 0.00919. The second kappa shape index (κ2) is 6.75. The van der Waals surface area contributed by atoms with Crippen molar-refractivity contribution in [3.63, 3.8) is 0 Å². The van der Waals surface area contributed by atoms with Crippen LogP contribution in [0.3, 0.4) is 0 Å². The average molecular weight is 238 g/mol. The summed E-state index contributed by atoms with van der Waals surface area (Å²) in [5.74, 6) is 0.0963. The minimum Gasteiger partial charge on any atom is -0.508 e. The fraction of sp³-hybridized carbons (Fsp3) is 0.417. The number of nitrogens with one attached hydrogen (secondary N) is 2. The Hall–Kier alpha value is -1.75. The molecule has 1 amide bonds. The Morgan fingerprint density at radius 1 is 1.35 bits per heavy atom. The summed E-state index contributed by atoms with van der Waals surface area (Å²) >= 11 is 0. The zero-order valence-electron chi connectivity index (χ0n) is 9.86. The molecule has 17 heavy (non-hydrogen) atoms. The summed E-state index contributed by atoms with van der Waals surface area (Å²) in [5.41, 5.74) is 0.693. The maximum Gasteiger partial charge on any atom is 0.221 e. The number of carbonyl (C=O) groups is 1. The predicted octanol–water partition coefficient (Wildman–Crippen LogP) is 0.714. The summed E-state index contributed by atoms with van der Waals surface area (Å²) in [6, 6.07) is 4.45. The quantitative estimate of drug-likeness (QED) is 0.550. The molecule has 5 nitrogen and oxygen atoms in total. The first-order chi connectivity index (χ1) is 8.13. The van der Waals surface area contributed by atoms with Crippen molar-refractivity contribution in [2.75, 3.05) is 13.1 Å². The largest absolute Gasteiger partial charge is 0.508 e. The molecule has 0 radical (unpaired) electrons. The van der Waals surface area contributed by atoms with Crippen LogP contribution >= 0.6 is 0 Å². The molecule has 1 rings (SSSR count). The minimum atomic E-state index is 0.00919. The maximum absolute atomic E-state index is 11.1. The molecule has 0 aliphatic carbocycles. The van der Waals surface area contributed by atoms with Crippen LogP contribution in [0.4, 0.5) is 0 Å². The van der Waals surface area contributed by atoms with Gasteiger partial charge in [-0.05, 0) is 13.0 Å². The number of rotatable bonds is 6. The van der Waals surface area contributed by atoms with Gasteiger partial charge in [-0.1, -0.05) is 6.07 Å². The highest BCUT2D eigenvalue weighted by molar-refractivity contribution is 5.75. The van der Waals surface area contributed by atoms with Gasteiger partial charge in [0.05, 0.1) is 0 Å². The van der Waals surface area contributed by atoms with Crippen molar-refractivity contribution in [1.29, 1.82) is 0 Å². The van der Waals surface area contributed by atoms with E-state index in [4.69, 9.17) is 5.11 Å². The second-order valence-electron chi connectivity index (χ2n) is 3.69. The van der Waals surface area contributed by atoms with Gasteiger partial charge in [0, 0.05) is 37.7 Å². The topological polar surface area (TPSA) is 81.6 Å².